The number of hydrogen-bond donors (Lipinski definition) is 2. The first-order valence-electron chi connectivity index (χ1n) is 2.82. The second-order valence-electron chi connectivity index (χ2n) is 1.67. The molecule has 1 rings (SSSR count). The molecule has 0 spiro atoms. The highest BCUT2D eigenvalue weighted by molar-refractivity contribution is 6.43. The molecule has 65 valence electrons. The van der Waals surface area contributed by atoms with Crippen LogP contribution in [-0.2, 0) is 0 Å². The van der Waals surface area contributed by atoms with Gasteiger partial charge in [0.1, 0.15) is 0 Å². The van der Waals surface area contributed by atoms with Crippen LogP contribution in [0.25, 0.3) is 0 Å². The average Bonchev–Trinajstić information content (AvgIpc) is 1.99. The van der Waals surface area contributed by atoms with E-state index in [1.807, 2.05) is 0 Å². The summed E-state index contributed by atoms with van der Waals surface area (Å²) in [6, 6.07) is 4.95. The Balaban J connectivity index is 0.000000354. The summed E-state index contributed by atoms with van der Waals surface area (Å²) in [4.78, 5) is 0. The predicted molar refractivity (Wildman–Crippen MR) is 51.7 cm³/mol. The van der Waals surface area contributed by atoms with E-state index in [1.165, 1.54) is 0 Å². The van der Waals surface area contributed by atoms with Crippen LogP contribution in [0.3, 0.4) is 0 Å². The fourth-order valence-corrected chi connectivity index (χ4v) is 0.997. The first-order chi connectivity index (χ1) is 5.61. The van der Waals surface area contributed by atoms with Crippen molar-refractivity contribution in [3.8, 4) is 0 Å². The van der Waals surface area contributed by atoms with Gasteiger partial charge in [-0.1, -0.05) is 34.8 Å². The smallest absolute Gasteiger partial charge is 0.429 e. The molecule has 0 aliphatic carbocycles. The fourth-order valence-electron chi connectivity index (χ4n) is 0.470. The van der Waals surface area contributed by atoms with Crippen molar-refractivity contribution in [1.82, 2.24) is 0 Å². The highest BCUT2D eigenvalue weighted by Crippen LogP contribution is 2.24. The first-order valence-corrected chi connectivity index (χ1v) is 3.96. The Morgan fingerprint density at radius 3 is 1.83 bits per heavy atom. The van der Waals surface area contributed by atoms with E-state index >= 15 is 0 Å². The zero-order valence-corrected chi connectivity index (χ0v) is 8.11. The van der Waals surface area contributed by atoms with Gasteiger partial charge in [0, 0.05) is 5.02 Å². The van der Waals surface area contributed by atoms with Gasteiger partial charge >= 0.3 is 7.69 Å². The van der Waals surface area contributed by atoms with Gasteiger partial charge in [0.2, 0.25) is 0 Å². The Morgan fingerprint density at radius 1 is 1.00 bits per heavy atom. The molecular formula is C6H5BCl3O2. The van der Waals surface area contributed by atoms with E-state index in [4.69, 9.17) is 44.9 Å². The molecule has 0 fully saturated rings. The molecule has 0 amide bonds. The van der Waals surface area contributed by atoms with Gasteiger partial charge in [0.25, 0.3) is 0 Å². The van der Waals surface area contributed by atoms with Crippen LogP contribution in [0.2, 0.25) is 15.1 Å². The number of benzene rings is 1. The van der Waals surface area contributed by atoms with E-state index in [2.05, 4.69) is 0 Å². The lowest BCUT2D eigenvalue weighted by Gasteiger charge is -1.92. The molecule has 0 aliphatic rings. The third kappa shape index (κ3) is 4.85. The highest BCUT2D eigenvalue weighted by atomic mass is 35.5. The van der Waals surface area contributed by atoms with Crippen molar-refractivity contribution < 1.29 is 10.0 Å². The summed E-state index contributed by atoms with van der Waals surface area (Å²) >= 11 is 16.8. The second-order valence-corrected chi connectivity index (χ2v) is 2.92. The Hall–Kier alpha value is 0.0749. The van der Waals surface area contributed by atoms with Crippen molar-refractivity contribution in [1.29, 1.82) is 0 Å². The molecule has 1 radical (unpaired) electrons. The Kier molecular flexibility index (Phi) is 6.62. The monoisotopic (exact) mass is 225 g/mol. The second kappa shape index (κ2) is 6.58. The van der Waals surface area contributed by atoms with Gasteiger partial charge in [-0.15, -0.1) is 0 Å². The van der Waals surface area contributed by atoms with Gasteiger partial charge in [-0.25, -0.2) is 0 Å². The molecule has 0 saturated heterocycles. The quantitative estimate of drug-likeness (QED) is 0.525. The zero-order valence-electron chi connectivity index (χ0n) is 5.84. The van der Waals surface area contributed by atoms with Crippen molar-refractivity contribution in [2.45, 2.75) is 0 Å². The van der Waals surface area contributed by atoms with E-state index in [-0.39, 0.29) is 7.69 Å². The average molecular weight is 226 g/mol. The SMILES string of the molecule is Clc1ccc(Cl)c(Cl)c1.O[B]O. The van der Waals surface area contributed by atoms with Crippen LogP contribution in [0.5, 0.6) is 0 Å². The molecule has 0 bridgehead atoms. The summed E-state index contributed by atoms with van der Waals surface area (Å²) in [6.07, 6.45) is 0. The first kappa shape index (κ1) is 12.1. The van der Waals surface area contributed by atoms with Crippen LogP contribution in [0.4, 0.5) is 0 Å². The van der Waals surface area contributed by atoms with Crippen LogP contribution >= 0.6 is 34.8 Å². The predicted octanol–water partition coefficient (Wildman–Crippen LogP) is 2.15. The summed E-state index contributed by atoms with van der Waals surface area (Å²) in [7, 11) is 0. The van der Waals surface area contributed by atoms with Gasteiger partial charge in [0.15, 0.2) is 0 Å². The summed E-state index contributed by atoms with van der Waals surface area (Å²) in [5.41, 5.74) is 0. The summed E-state index contributed by atoms with van der Waals surface area (Å²) in [6.45, 7) is 0. The molecule has 1 aromatic carbocycles. The third-order valence-electron chi connectivity index (χ3n) is 0.882. The molecule has 2 N–H and O–H groups in total. The molecular weight excluding hydrogens is 221 g/mol. The normalized spacial score (nSPS) is 8.42. The number of halogens is 3. The Labute approximate surface area is 86.0 Å². The standard InChI is InChI=1S/C6H3Cl3.BH2O2/c7-4-1-2-5(8)6(9)3-4;2-1-3/h1-3H;2-3H. The minimum absolute atomic E-state index is 0. The maximum Gasteiger partial charge on any atom is 0.482 e. The maximum atomic E-state index is 7.00. The molecule has 0 aromatic heterocycles. The van der Waals surface area contributed by atoms with E-state index in [1.54, 1.807) is 18.2 Å². The molecule has 6 heteroatoms. The molecule has 0 atom stereocenters. The number of hydrogen-bond acceptors (Lipinski definition) is 2. The summed E-state index contributed by atoms with van der Waals surface area (Å²) < 4.78 is 0. The van der Waals surface area contributed by atoms with Crippen LogP contribution in [0.15, 0.2) is 18.2 Å². The van der Waals surface area contributed by atoms with Gasteiger partial charge in [-0.05, 0) is 18.2 Å². The topological polar surface area (TPSA) is 40.5 Å². The van der Waals surface area contributed by atoms with Crippen molar-refractivity contribution in [2.75, 3.05) is 0 Å². The van der Waals surface area contributed by atoms with Crippen molar-refractivity contribution in [3.05, 3.63) is 33.3 Å². The molecule has 0 heterocycles. The van der Waals surface area contributed by atoms with E-state index in [0.29, 0.717) is 15.1 Å². The summed E-state index contributed by atoms with van der Waals surface area (Å²) in [5.74, 6) is 0. The van der Waals surface area contributed by atoms with Crippen LogP contribution < -0.4 is 0 Å². The minimum atomic E-state index is 0. The van der Waals surface area contributed by atoms with Crippen molar-refractivity contribution >= 4 is 42.5 Å². The van der Waals surface area contributed by atoms with Gasteiger partial charge < -0.3 is 10.0 Å². The lowest BCUT2D eigenvalue weighted by atomic mass is 10.4. The highest BCUT2D eigenvalue weighted by Gasteiger charge is 1.94. The zero-order chi connectivity index (χ0) is 9.56. The molecule has 0 saturated carbocycles. The molecule has 0 aliphatic heterocycles. The Bertz CT molecular complexity index is 244. The van der Waals surface area contributed by atoms with Crippen LogP contribution in [-0.4, -0.2) is 17.7 Å². The van der Waals surface area contributed by atoms with Gasteiger partial charge in [0.05, 0.1) is 10.0 Å². The minimum Gasteiger partial charge on any atom is -0.429 e. The molecule has 0 unspecified atom stereocenters. The van der Waals surface area contributed by atoms with Crippen molar-refractivity contribution in [2.24, 2.45) is 0 Å². The number of rotatable bonds is 0. The van der Waals surface area contributed by atoms with Crippen LogP contribution in [0, 0.1) is 0 Å². The maximum absolute atomic E-state index is 7.00. The molecule has 1 aromatic rings. The van der Waals surface area contributed by atoms with E-state index < -0.39 is 0 Å². The van der Waals surface area contributed by atoms with Gasteiger partial charge in [-0.2, -0.15) is 0 Å². The van der Waals surface area contributed by atoms with Gasteiger partial charge in [-0.3, -0.25) is 0 Å². The lowest BCUT2D eigenvalue weighted by molar-refractivity contribution is 0.448. The third-order valence-corrected chi connectivity index (χ3v) is 1.86. The Morgan fingerprint density at radius 2 is 1.50 bits per heavy atom. The van der Waals surface area contributed by atoms with E-state index in [9.17, 15) is 0 Å². The summed E-state index contributed by atoms with van der Waals surface area (Å²) in [5, 5.41) is 15.6. The largest absolute Gasteiger partial charge is 0.482 e. The van der Waals surface area contributed by atoms with Crippen molar-refractivity contribution in [3.63, 3.8) is 0 Å². The lowest BCUT2D eigenvalue weighted by Crippen LogP contribution is -1.75. The van der Waals surface area contributed by atoms with Crippen LogP contribution in [0.1, 0.15) is 0 Å². The van der Waals surface area contributed by atoms with E-state index in [0.717, 1.165) is 0 Å². The molecule has 12 heavy (non-hydrogen) atoms. The fraction of sp³-hybridized carbons (Fsp3) is 0. The molecule has 2 nitrogen and oxygen atoms in total.